The number of aromatic carboxylic acids is 1. The average Bonchev–Trinajstić information content (AvgIpc) is 2.99. The van der Waals surface area contributed by atoms with Crippen molar-refractivity contribution >= 4 is 32.8 Å². The standard InChI is InChI=1S/C30H27F3N2O5S/c1-17-27(31)25(26(30(36)37)29(33)28(17)32)24-20-7-5-18(34-9-3-2-4-10-34)15-22(20)41(38,39)23-16-19(6-8-21(23)24)35-11-13-40-14-12-35/h5-8,15-16H,2-4,9-14H2,1H3/p+1. The number of nitrogens with zero attached hydrogens (tertiary/aromatic N) is 2. The van der Waals surface area contributed by atoms with E-state index in [-0.39, 0.29) is 26.5 Å². The van der Waals surface area contributed by atoms with Crippen LogP contribution in [-0.4, -0.2) is 69.2 Å². The van der Waals surface area contributed by atoms with Crippen LogP contribution in [0.15, 0.2) is 51.8 Å². The van der Waals surface area contributed by atoms with Crippen LogP contribution in [0.5, 0.6) is 0 Å². The number of hydrogen-bond acceptors (Lipinski definition) is 5. The molecule has 2 aromatic rings. The molecule has 1 aliphatic carbocycles. The zero-order valence-corrected chi connectivity index (χ0v) is 23.2. The maximum absolute atomic E-state index is 15.9. The lowest BCUT2D eigenvalue weighted by Crippen LogP contribution is -2.36. The van der Waals surface area contributed by atoms with Gasteiger partial charge in [-0.1, -0.05) is 6.07 Å². The fraction of sp³-hybridized carbons (Fsp3) is 0.333. The van der Waals surface area contributed by atoms with E-state index >= 15 is 8.78 Å². The van der Waals surface area contributed by atoms with E-state index in [1.165, 1.54) is 24.3 Å². The number of carbonyl (C=O) groups is 1. The molecule has 4 aliphatic rings. The van der Waals surface area contributed by atoms with Gasteiger partial charge in [-0.2, -0.15) is 0 Å². The number of morpholine rings is 1. The molecule has 0 bridgehead atoms. The highest BCUT2D eigenvalue weighted by atomic mass is 32.2. The van der Waals surface area contributed by atoms with Crippen LogP contribution in [0.3, 0.4) is 0 Å². The van der Waals surface area contributed by atoms with Crippen molar-refractivity contribution in [3.63, 3.8) is 0 Å². The summed E-state index contributed by atoms with van der Waals surface area (Å²) in [6.45, 7) is 4.50. The molecule has 0 spiro atoms. The fourth-order valence-electron chi connectivity index (χ4n) is 5.99. The van der Waals surface area contributed by atoms with Crippen LogP contribution in [0.1, 0.15) is 46.3 Å². The summed E-state index contributed by atoms with van der Waals surface area (Å²) in [4.78, 5) is 13.9. The van der Waals surface area contributed by atoms with Gasteiger partial charge >= 0.3 is 5.97 Å². The molecule has 0 aromatic heterocycles. The lowest BCUT2D eigenvalue weighted by molar-refractivity contribution is -0.535. The van der Waals surface area contributed by atoms with Crippen LogP contribution in [0, 0.1) is 24.4 Å². The van der Waals surface area contributed by atoms with Crippen molar-refractivity contribution in [3.8, 4) is 0 Å². The predicted molar refractivity (Wildman–Crippen MR) is 147 cm³/mol. The van der Waals surface area contributed by atoms with Gasteiger partial charge in [0, 0.05) is 71.6 Å². The number of carboxylic acids is 1. The minimum atomic E-state index is -4.18. The molecule has 2 aromatic carbocycles. The molecule has 0 amide bonds. The minimum Gasteiger partial charge on any atom is -0.478 e. The van der Waals surface area contributed by atoms with Crippen LogP contribution in [0.2, 0.25) is 0 Å². The maximum atomic E-state index is 15.9. The molecule has 3 aliphatic heterocycles. The van der Waals surface area contributed by atoms with E-state index in [4.69, 9.17) is 4.74 Å². The number of hydrogen-bond donors (Lipinski definition) is 1. The Morgan fingerprint density at radius 2 is 1.71 bits per heavy atom. The first-order chi connectivity index (χ1) is 19.6. The molecule has 1 N–H and O–H groups in total. The third-order valence-electron chi connectivity index (χ3n) is 8.15. The summed E-state index contributed by atoms with van der Waals surface area (Å²) >= 11 is 0. The maximum Gasteiger partial charge on any atom is 0.339 e. The normalized spacial score (nSPS) is 20.1. The number of piperidine rings is 1. The summed E-state index contributed by atoms with van der Waals surface area (Å²) < 4.78 is 81.6. The molecule has 11 heteroatoms. The zero-order valence-electron chi connectivity index (χ0n) is 22.3. The molecule has 41 heavy (non-hydrogen) atoms. The Morgan fingerprint density at radius 3 is 2.39 bits per heavy atom. The monoisotopic (exact) mass is 585 g/mol. The van der Waals surface area contributed by atoms with Crippen molar-refractivity contribution in [1.82, 2.24) is 0 Å². The number of halogens is 3. The zero-order chi connectivity index (χ0) is 29.1. The van der Waals surface area contributed by atoms with Gasteiger partial charge in [0.2, 0.25) is 15.5 Å². The molecule has 0 saturated carbocycles. The fourth-order valence-corrected chi connectivity index (χ4v) is 7.70. The van der Waals surface area contributed by atoms with Gasteiger partial charge in [0.05, 0.1) is 23.0 Å². The lowest BCUT2D eigenvalue weighted by Gasteiger charge is -2.32. The largest absolute Gasteiger partial charge is 0.478 e. The van der Waals surface area contributed by atoms with E-state index in [9.17, 15) is 22.7 Å². The molecule has 7 nitrogen and oxygen atoms in total. The van der Waals surface area contributed by atoms with Gasteiger partial charge < -0.3 is 14.7 Å². The van der Waals surface area contributed by atoms with E-state index in [1.807, 2.05) is 4.90 Å². The Kier molecular flexibility index (Phi) is 6.89. The van der Waals surface area contributed by atoms with Gasteiger partial charge in [-0.05, 0) is 31.6 Å². The van der Waals surface area contributed by atoms with Crippen molar-refractivity contribution in [3.05, 3.63) is 86.6 Å². The van der Waals surface area contributed by atoms with Gasteiger partial charge in [0.1, 0.15) is 24.5 Å². The van der Waals surface area contributed by atoms with Crippen molar-refractivity contribution < 1.29 is 40.8 Å². The summed E-state index contributed by atoms with van der Waals surface area (Å²) in [6.07, 6.45) is 7.71. The summed E-state index contributed by atoms with van der Waals surface area (Å²) in [7, 11) is -4.18. The Morgan fingerprint density at radius 1 is 1.00 bits per heavy atom. The third kappa shape index (κ3) is 4.42. The predicted octanol–water partition coefficient (Wildman–Crippen LogP) is 4.63. The minimum absolute atomic E-state index is 0.0204. The third-order valence-corrected chi connectivity index (χ3v) is 9.98. The van der Waals surface area contributed by atoms with Gasteiger partial charge in [0.15, 0.2) is 11.6 Å². The lowest BCUT2D eigenvalue weighted by atomic mass is 9.85. The second kappa shape index (κ2) is 10.3. The van der Waals surface area contributed by atoms with Crippen LogP contribution < -0.4 is 4.90 Å². The van der Waals surface area contributed by atoms with Gasteiger partial charge in [-0.25, -0.2) is 31.0 Å². The highest BCUT2D eigenvalue weighted by molar-refractivity contribution is 7.95. The molecule has 6 rings (SSSR count). The second-order valence-electron chi connectivity index (χ2n) is 10.5. The Balaban J connectivity index is 1.69. The molecule has 214 valence electrons. The number of benzene rings is 2. The van der Waals surface area contributed by atoms with Gasteiger partial charge in [-0.15, -0.1) is 0 Å². The molecular formula is C30H28F3N2O5S+. The van der Waals surface area contributed by atoms with E-state index in [0.717, 1.165) is 39.3 Å². The Hall–Kier alpha value is -3.70. The molecule has 3 heterocycles. The smallest absolute Gasteiger partial charge is 0.339 e. The number of allylic oxidation sites excluding steroid dienone is 4. The molecule has 0 atom stereocenters. The number of sulfone groups is 1. The first-order valence-electron chi connectivity index (χ1n) is 13.5. The molecule has 0 unspecified atom stereocenters. The van der Waals surface area contributed by atoms with Crippen LogP contribution >= 0.6 is 0 Å². The van der Waals surface area contributed by atoms with Crippen molar-refractivity contribution in [2.45, 2.75) is 31.1 Å². The van der Waals surface area contributed by atoms with E-state index in [2.05, 4.69) is 4.58 Å². The quantitative estimate of drug-likeness (QED) is 0.418. The van der Waals surface area contributed by atoms with Gasteiger partial charge in [0.25, 0.3) is 0 Å². The first kappa shape index (κ1) is 27.5. The summed E-state index contributed by atoms with van der Waals surface area (Å²) in [5.41, 5.74) is -1.35. The summed E-state index contributed by atoms with van der Waals surface area (Å²) in [5, 5.41) is 9.91. The van der Waals surface area contributed by atoms with Crippen molar-refractivity contribution in [2.24, 2.45) is 0 Å². The molecule has 2 saturated heterocycles. The number of fused-ring (bicyclic) bond motifs is 2. The second-order valence-corrected chi connectivity index (χ2v) is 12.4. The number of carboxylic acid groups (broad SMARTS) is 1. The highest BCUT2D eigenvalue weighted by Gasteiger charge is 2.41. The number of anilines is 1. The first-order valence-corrected chi connectivity index (χ1v) is 15.0. The van der Waals surface area contributed by atoms with Crippen molar-refractivity contribution in [2.75, 3.05) is 44.3 Å². The van der Waals surface area contributed by atoms with E-state index in [1.54, 1.807) is 12.1 Å². The van der Waals surface area contributed by atoms with Gasteiger partial charge in [-0.3, -0.25) is 0 Å². The van der Waals surface area contributed by atoms with Crippen LogP contribution in [0.4, 0.5) is 18.9 Å². The highest BCUT2D eigenvalue weighted by Crippen LogP contribution is 2.48. The summed E-state index contributed by atoms with van der Waals surface area (Å²) in [5.74, 6) is -6.43. The van der Waals surface area contributed by atoms with Crippen LogP contribution in [-0.2, 0) is 14.6 Å². The molecule has 0 radical (unpaired) electrons. The Labute approximate surface area is 235 Å². The van der Waals surface area contributed by atoms with Crippen molar-refractivity contribution in [1.29, 1.82) is 0 Å². The van der Waals surface area contributed by atoms with E-state index in [0.29, 0.717) is 37.7 Å². The number of rotatable bonds is 3. The molecule has 2 fully saturated rings. The Bertz CT molecular complexity index is 1730. The summed E-state index contributed by atoms with van der Waals surface area (Å²) in [6, 6.07) is 4.63. The SMILES string of the molecule is Cc1c(F)c(F)c(C(=O)O)c(C2=C3C=CC(=[N+]4CCCCC4)C=C3S(=O)(=O)c3cc(N4CCOCC4)ccc32)c1F. The molecular weight excluding hydrogens is 557 g/mol. The number of ether oxygens (including phenoxy) is 1. The van der Waals surface area contributed by atoms with E-state index < -0.39 is 49.9 Å². The van der Waals surface area contributed by atoms with Crippen LogP contribution in [0.25, 0.3) is 5.57 Å². The average molecular weight is 586 g/mol. The topological polar surface area (TPSA) is 86.9 Å².